The molecule has 0 aliphatic heterocycles. The smallest absolute Gasteiger partial charge is 0.211 e. The SMILES string of the molecule is C=CCCC(C)CCNS(=O)(=O)c1ccc(C)cc1. The van der Waals surface area contributed by atoms with Crippen LogP contribution >= 0.6 is 0 Å². The molecule has 1 rings (SSSR count). The fourth-order valence-electron chi connectivity index (χ4n) is 1.79. The molecule has 0 aromatic heterocycles. The Hall–Kier alpha value is -1.13. The van der Waals surface area contributed by atoms with Gasteiger partial charge in [0.2, 0.25) is 10.0 Å². The fraction of sp³-hybridized carbons (Fsp3) is 0.467. The topological polar surface area (TPSA) is 46.2 Å². The highest BCUT2D eigenvalue weighted by Gasteiger charge is 2.13. The maximum Gasteiger partial charge on any atom is 0.240 e. The molecule has 0 fully saturated rings. The molecule has 0 aliphatic carbocycles. The van der Waals surface area contributed by atoms with Gasteiger partial charge in [-0.25, -0.2) is 13.1 Å². The minimum absolute atomic E-state index is 0.330. The normalized spacial score (nSPS) is 13.2. The lowest BCUT2D eigenvalue weighted by atomic mass is 10.0. The van der Waals surface area contributed by atoms with Gasteiger partial charge in [-0.1, -0.05) is 30.7 Å². The maximum atomic E-state index is 12.0. The Morgan fingerprint density at radius 1 is 1.26 bits per heavy atom. The summed E-state index contributed by atoms with van der Waals surface area (Å²) in [6.45, 7) is 8.23. The second-order valence-corrected chi connectivity index (χ2v) is 6.74. The summed E-state index contributed by atoms with van der Waals surface area (Å²) in [6, 6.07) is 6.89. The quantitative estimate of drug-likeness (QED) is 0.743. The van der Waals surface area contributed by atoms with Gasteiger partial charge in [-0.05, 0) is 44.2 Å². The molecule has 1 N–H and O–H groups in total. The molecule has 1 aromatic carbocycles. The highest BCUT2D eigenvalue weighted by molar-refractivity contribution is 7.89. The van der Waals surface area contributed by atoms with Crippen molar-refractivity contribution in [1.82, 2.24) is 4.72 Å². The average molecular weight is 281 g/mol. The van der Waals surface area contributed by atoms with Crippen molar-refractivity contribution in [3.8, 4) is 0 Å². The van der Waals surface area contributed by atoms with Gasteiger partial charge in [0.1, 0.15) is 0 Å². The van der Waals surface area contributed by atoms with Crippen molar-refractivity contribution in [2.45, 2.75) is 38.0 Å². The zero-order chi connectivity index (χ0) is 14.3. The minimum Gasteiger partial charge on any atom is -0.211 e. The molecule has 0 radical (unpaired) electrons. The lowest BCUT2D eigenvalue weighted by Crippen LogP contribution is -2.25. The van der Waals surface area contributed by atoms with E-state index < -0.39 is 10.0 Å². The molecule has 106 valence electrons. The fourth-order valence-corrected chi connectivity index (χ4v) is 2.83. The Labute approximate surface area is 116 Å². The Balaban J connectivity index is 2.47. The van der Waals surface area contributed by atoms with Crippen molar-refractivity contribution in [2.24, 2.45) is 5.92 Å². The molecule has 0 amide bonds. The number of aryl methyl sites for hydroxylation is 1. The third kappa shape index (κ3) is 5.57. The van der Waals surface area contributed by atoms with Crippen LogP contribution in [0.1, 0.15) is 31.7 Å². The summed E-state index contributed by atoms with van der Waals surface area (Å²) in [7, 11) is -3.36. The van der Waals surface area contributed by atoms with E-state index in [0.717, 1.165) is 24.8 Å². The van der Waals surface area contributed by atoms with E-state index in [0.29, 0.717) is 17.4 Å². The van der Waals surface area contributed by atoms with Crippen LogP contribution in [-0.4, -0.2) is 15.0 Å². The first-order chi connectivity index (χ1) is 8.95. The van der Waals surface area contributed by atoms with Crippen LogP contribution in [0.4, 0.5) is 0 Å². The van der Waals surface area contributed by atoms with Crippen LogP contribution in [0, 0.1) is 12.8 Å². The summed E-state index contributed by atoms with van der Waals surface area (Å²) in [6.07, 6.45) is 4.77. The number of sulfonamides is 1. The van der Waals surface area contributed by atoms with Crippen LogP contribution < -0.4 is 4.72 Å². The van der Waals surface area contributed by atoms with Gasteiger partial charge in [-0.3, -0.25) is 0 Å². The molecule has 0 bridgehead atoms. The van der Waals surface area contributed by atoms with Crippen molar-refractivity contribution >= 4 is 10.0 Å². The Morgan fingerprint density at radius 2 is 1.89 bits per heavy atom. The lowest BCUT2D eigenvalue weighted by Gasteiger charge is -2.11. The van der Waals surface area contributed by atoms with E-state index in [2.05, 4.69) is 18.2 Å². The van der Waals surface area contributed by atoms with Crippen molar-refractivity contribution in [3.05, 3.63) is 42.5 Å². The minimum atomic E-state index is -3.36. The van der Waals surface area contributed by atoms with Crippen molar-refractivity contribution < 1.29 is 8.42 Å². The van der Waals surface area contributed by atoms with Crippen molar-refractivity contribution in [2.75, 3.05) is 6.54 Å². The van der Waals surface area contributed by atoms with Gasteiger partial charge in [0.15, 0.2) is 0 Å². The summed E-state index contributed by atoms with van der Waals surface area (Å²) in [5.41, 5.74) is 1.05. The van der Waals surface area contributed by atoms with Crippen LogP contribution in [0.15, 0.2) is 41.8 Å². The average Bonchev–Trinajstić information content (AvgIpc) is 2.36. The van der Waals surface area contributed by atoms with Crippen LogP contribution in [0.25, 0.3) is 0 Å². The molecular weight excluding hydrogens is 258 g/mol. The van der Waals surface area contributed by atoms with Gasteiger partial charge < -0.3 is 0 Å². The van der Waals surface area contributed by atoms with Crippen molar-refractivity contribution in [3.63, 3.8) is 0 Å². The number of hydrogen-bond donors (Lipinski definition) is 1. The summed E-state index contributed by atoms with van der Waals surface area (Å²) in [5, 5.41) is 0. The number of allylic oxidation sites excluding steroid dienone is 1. The van der Waals surface area contributed by atoms with E-state index in [1.807, 2.05) is 13.0 Å². The summed E-state index contributed by atoms with van der Waals surface area (Å²) >= 11 is 0. The highest BCUT2D eigenvalue weighted by Crippen LogP contribution is 2.12. The molecule has 0 saturated heterocycles. The van der Waals surface area contributed by atoms with E-state index in [4.69, 9.17) is 0 Å². The summed E-state index contributed by atoms with van der Waals surface area (Å²) in [4.78, 5) is 0.330. The Kier molecular flexibility index (Phi) is 6.25. The van der Waals surface area contributed by atoms with E-state index in [1.165, 1.54) is 0 Å². The first-order valence-electron chi connectivity index (χ1n) is 6.63. The molecule has 0 heterocycles. The number of benzene rings is 1. The zero-order valence-corrected chi connectivity index (χ0v) is 12.5. The van der Waals surface area contributed by atoms with Gasteiger partial charge in [0.25, 0.3) is 0 Å². The van der Waals surface area contributed by atoms with E-state index in [-0.39, 0.29) is 0 Å². The first kappa shape index (κ1) is 15.9. The highest BCUT2D eigenvalue weighted by atomic mass is 32.2. The van der Waals surface area contributed by atoms with Gasteiger partial charge in [-0.2, -0.15) is 0 Å². The third-order valence-corrected chi connectivity index (χ3v) is 4.60. The second kappa shape index (κ2) is 7.46. The number of rotatable bonds is 8. The van der Waals surface area contributed by atoms with Crippen LogP contribution in [0.5, 0.6) is 0 Å². The monoisotopic (exact) mass is 281 g/mol. The molecule has 3 nitrogen and oxygen atoms in total. The summed E-state index contributed by atoms with van der Waals surface area (Å²) in [5.74, 6) is 0.499. The lowest BCUT2D eigenvalue weighted by molar-refractivity contribution is 0.490. The predicted molar refractivity (Wildman–Crippen MR) is 79.6 cm³/mol. The molecule has 0 aliphatic rings. The van der Waals surface area contributed by atoms with E-state index in [1.54, 1.807) is 24.3 Å². The zero-order valence-electron chi connectivity index (χ0n) is 11.7. The standard InChI is InChI=1S/C15H23NO2S/c1-4-5-6-13(2)11-12-16-19(17,18)15-9-7-14(3)8-10-15/h4,7-10,13,16H,1,5-6,11-12H2,2-3H3. The number of hydrogen-bond acceptors (Lipinski definition) is 2. The maximum absolute atomic E-state index is 12.0. The Bertz CT molecular complexity index is 491. The molecule has 1 aromatic rings. The van der Waals surface area contributed by atoms with Crippen LogP contribution in [0.2, 0.25) is 0 Å². The van der Waals surface area contributed by atoms with Gasteiger partial charge >= 0.3 is 0 Å². The summed E-state index contributed by atoms with van der Waals surface area (Å²) < 4.78 is 26.7. The van der Waals surface area contributed by atoms with Crippen LogP contribution in [0.3, 0.4) is 0 Å². The molecule has 1 atom stereocenters. The molecule has 1 unspecified atom stereocenters. The molecular formula is C15H23NO2S. The Morgan fingerprint density at radius 3 is 2.47 bits per heavy atom. The van der Waals surface area contributed by atoms with E-state index >= 15 is 0 Å². The van der Waals surface area contributed by atoms with Crippen LogP contribution in [-0.2, 0) is 10.0 Å². The number of nitrogens with one attached hydrogen (secondary N) is 1. The van der Waals surface area contributed by atoms with E-state index in [9.17, 15) is 8.42 Å². The van der Waals surface area contributed by atoms with Gasteiger partial charge in [-0.15, -0.1) is 6.58 Å². The molecule has 0 spiro atoms. The predicted octanol–water partition coefficient (Wildman–Crippen LogP) is 3.27. The van der Waals surface area contributed by atoms with Gasteiger partial charge in [0, 0.05) is 6.54 Å². The molecule has 4 heteroatoms. The first-order valence-corrected chi connectivity index (χ1v) is 8.11. The van der Waals surface area contributed by atoms with Gasteiger partial charge in [0.05, 0.1) is 4.90 Å². The third-order valence-electron chi connectivity index (χ3n) is 3.12. The molecule has 0 saturated carbocycles. The largest absolute Gasteiger partial charge is 0.240 e. The van der Waals surface area contributed by atoms with Crippen molar-refractivity contribution in [1.29, 1.82) is 0 Å². The second-order valence-electron chi connectivity index (χ2n) is 4.97. The molecule has 19 heavy (non-hydrogen) atoms.